The van der Waals surface area contributed by atoms with Gasteiger partial charge >= 0.3 is 0 Å². The highest BCUT2D eigenvalue weighted by molar-refractivity contribution is 5.36. The Bertz CT molecular complexity index is 370. The predicted molar refractivity (Wildman–Crippen MR) is 62.0 cm³/mol. The van der Waals surface area contributed by atoms with Crippen molar-refractivity contribution in [1.82, 2.24) is 0 Å². The standard InChI is InChI=1S/C13H17NO2/c1-3-10(9-14)13(15)11-7-5-6-8-12(11)16-4-2/h5-8,10,13,15H,3-4H2,1-2H3. The molecule has 3 heteroatoms. The van der Waals surface area contributed by atoms with Gasteiger partial charge in [-0.25, -0.2) is 0 Å². The SMILES string of the molecule is CCOc1ccccc1C(O)C(C#N)CC. The molecule has 0 amide bonds. The fourth-order valence-corrected chi connectivity index (χ4v) is 1.61. The van der Waals surface area contributed by atoms with Crippen molar-refractivity contribution in [1.29, 1.82) is 5.26 Å². The number of aliphatic hydroxyl groups excluding tert-OH is 1. The zero-order chi connectivity index (χ0) is 12.0. The van der Waals surface area contributed by atoms with Crippen LogP contribution in [0.2, 0.25) is 0 Å². The smallest absolute Gasteiger partial charge is 0.125 e. The highest BCUT2D eigenvalue weighted by Crippen LogP contribution is 2.31. The molecule has 0 saturated heterocycles. The molecule has 3 nitrogen and oxygen atoms in total. The molecule has 0 bridgehead atoms. The maximum atomic E-state index is 10.1. The summed E-state index contributed by atoms with van der Waals surface area (Å²) in [7, 11) is 0. The lowest BCUT2D eigenvalue weighted by molar-refractivity contribution is 0.128. The van der Waals surface area contributed by atoms with Crippen LogP contribution in [0.15, 0.2) is 24.3 Å². The zero-order valence-corrected chi connectivity index (χ0v) is 9.68. The first-order valence-electron chi connectivity index (χ1n) is 5.54. The molecule has 0 heterocycles. The summed E-state index contributed by atoms with van der Waals surface area (Å²) in [6.45, 7) is 4.33. The monoisotopic (exact) mass is 219 g/mol. The molecule has 2 unspecified atom stereocenters. The largest absolute Gasteiger partial charge is 0.493 e. The summed E-state index contributed by atoms with van der Waals surface area (Å²) in [5.74, 6) is 0.271. The number of para-hydroxylation sites is 1. The first-order chi connectivity index (χ1) is 7.74. The molecular formula is C13H17NO2. The van der Waals surface area contributed by atoms with Gasteiger partial charge in [-0.05, 0) is 19.4 Å². The quantitative estimate of drug-likeness (QED) is 0.828. The maximum absolute atomic E-state index is 10.1. The van der Waals surface area contributed by atoms with E-state index in [0.29, 0.717) is 24.3 Å². The molecule has 2 atom stereocenters. The minimum atomic E-state index is -0.780. The van der Waals surface area contributed by atoms with Gasteiger partial charge in [0.15, 0.2) is 0 Å². The van der Waals surface area contributed by atoms with E-state index in [1.807, 2.05) is 32.0 Å². The van der Waals surface area contributed by atoms with E-state index >= 15 is 0 Å². The van der Waals surface area contributed by atoms with Crippen LogP contribution in [0, 0.1) is 17.2 Å². The minimum absolute atomic E-state index is 0.387. The van der Waals surface area contributed by atoms with Crippen molar-refractivity contribution in [3.8, 4) is 11.8 Å². The van der Waals surface area contributed by atoms with Crippen LogP contribution in [-0.4, -0.2) is 11.7 Å². The van der Waals surface area contributed by atoms with Crippen molar-refractivity contribution in [2.75, 3.05) is 6.61 Å². The Hall–Kier alpha value is -1.53. The number of ether oxygens (including phenoxy) is 1. The number of nitriles is 1. The Morgan fingerprint density at radius 1 is 1.38 bits per heavy atom. The number of aliphatic hydroxyl groups is 1. The second-order valence-corrected chi connectivity index (χ2v) is 3.56. The van der Waals surface area contributed by atoms with Crippen LogP contribution < -0.4 is 4.74 Å². The summed E-state index contributed by atoms with van der Waals surface area (Å²) < 4.78 is 5.43. The Labute approximate surface area is 96.3 Å². The van der Waals surface area contributed by atoms with Crippen molar-refractivity contribution in [3.63, 3.8) is 0 Å². The molecular weight excluding hydrogens is 202 g/mol. The molecule has 0 spiro atoms. The zero-order valence-electron chi connectivity index (χ0n) is 9.68. The summed E-state index contributed by atoms with van der Waals surface area (Å²) >= 11 is 0. The van der Waals surface area contributed by atoms with Crippen molar-refractivity contribution in [3.05, 3.63) is 29.8 Å². The van der Waals surface area contributed by atoms with E-state index < -0.39 is 6.10 Å². The lowest BCUT2D eigenvalue weighted by Gasteiger charge is -2.18. The average molecular weight is 219 g/mol. The normalized spacial score (nSPS) is 13.9. The van der Waals surface area contributed by atoms with Crippen LogP contribution >= 0.6 is 0 Å². The summed E-state index contributed by atoms with van der Waals surface area (Å²) in [6.07, 6.45) is -0.157. The molecule has 86 valence electrons. The van der Waals surface area contributed by atoms with Gasteiger partial charge in [0.05, 0.1) is 24.7 Å². The summed E-state index contributed by atoms with van der Waals surface area (Å²) in [4.78, 5) is 0. The van der Waals surface area contributed by atoms with E-state index in [1.165, 1.54) is 0 Å². The van der Waals surface area contributed by atoms with Crippen molar-refractivity contribution < 1.29 is 9.84 Å². The van der Waals surface area contributed by atoms with E-state index in [9.17, 15) is 5.11 Å². The minimum Gasteiger partial charge on any atom is -0.493 e. The van der Waals surface area contributed by atoms with Crippen LogP contribution in [0.3, 0.4) is 0 Å². The average Bonchev–Trinajstić information content (AvgIpc) is 2.31. The molecule has 0 aliphatic heterocycles. The number of hydrogen-bond acceptors (Lipinski definition) is 3. The summed E-state index contributed by atoms with van der Waals surface area (Å²) in [5, 5.41) is 19.0. The van der Waals surface area contributed by atoms with Gasteiger partial charge in [-0.2, -0.15) is 5.26 Å². The maximum Gasteiger partial charge on any atom is 0.125 e. The van der Waals surface area contributed by atoms with Gasteiger partial charge in [0.1, 0.15) is 5.75 Å². The molecule has 1 N–H and O–H groups in total. The van der Waals surface area contributed by atoms with Crippen LogP contribution in [0.25, 0.3) is 0 Å². The van der Waals surface area contributed by atoms with Crippen molar-refractivity contribution in [2.45, 2.75) is 26.4 Å². The first-order valence-corrected chi connectivity index (χ1v) is 5.54. The van der Waals surface area contributed by atoms with Gasteiger partial charge in [-0.3, -0.25) is 0 Å². The highest BCUT2D eigenvalue weighted by atomic mass is 16.5. The number of rotatable bonds is 5. The van der Waals surface area contributed by atoms with Crippen molar-refractivity contribution in [2.24, 2.45) is 5.92 Å². The summed E-state index contributed by atoms with van der Waals surface area (Å²) in [6, 6.07) is 9.42. The van der Waals surface area contributed by atoms with Gasteiger partial charge in [0.25, 0.3) is 0 Å². The first kappa shape index (κ1) is 12.5. The highest BCUT2D eigenvalue weighted by Gasteiger charge is 2.21. The van der Waals surface area contributed by atoms with E-state index in [2.05, 4.69) is 6.07 Å². The second-order valence-electron chi connectivity index (χ2n) is 3.56. The molecule has 1 aromatic carbocycles. The van der Waals surface area contributed by atoms with E-state index in [-0.39, 0.29) is 5.92 Å². The lowest BCUT2D eigenvalue weighted by atomic mass is 9.94. The second kappa shape index (κ2) is 6.14. The van der Waals surface area contributed by atoms with E-state index in [0.717, 1.165) is 0 Å². The third-order valence-corrected chi connectivity index (χ3v) is 2.52. The van der Waals surface area contributed by atoms with Gasteiger partial charge in [0.2, 0.25) is 0 Å². The Kier molecular flexibility index (Phi) is 4.81. The number of benzene rings is 1. The molecule has 0 fully saturated rings. The third-order valence-electron chi connectivity index (χ3n) is 2.52. The number of hydrogen-bond donors (Lipinski definition) is 1. The van der Waals surface area contributed by atoms with E-state index in [4.69, 9.17) is 10.00 Å². The van der Waals surface area contributed by atoms with E-state index in [1.54, 1.807) is 6.07 Å². The molecule has 0 aromatic heterocycles. The van der Waals surface area contributed by atoms with Crippen LogP contribution in [0.1, 0.15) is 31.9 Å². The Morgan fingerprint density at radius 3 is 2.62 bits per heavy atom. The Balaban J connectivity index is 2.98. The Morgan fingerprint density at radius 2 is 2.06 bits per heavy atom. The van der Waals surface area contributed by atoms with Gasteiger partial charge < -0.3 is 9.84 Å². The van der Waals surface area contributed by atoms with Crippen LogP contribution in [0.4, 0.5) is 0 Å². The fraction of sp³-hybridized carbons (Fsp3) is 0.462. The van der Waals surface area contributed by atoms with Crippen molar-refractivity contribution >= 4 is 0 Å². The third kappa shape index (κ3) is 2.74. The molecule has 0 aliphatic carbocycles. The number of nitrogens with zero attached hydrogens (tertiary/aromatic N) is 1. The van der Waals surface area contributed by atoms with Crippen LogP contribution in [-0.2, 0) is 0 Å². The summed E-state index contributed by atoms with van der Waals surface area (Å²) in [5.41, 5.74) is 0.692. The topological polar surface area (TPSA) is 53.2 Å². The molecule has 1 aromatic rings. The van der Waals surface area contributed by atoms with Gasteiger partial charge in [-0.15, -0.1) is 0 Å². The molecule has 0 radical (unpaired) electrons. The molecule has 0 aliphatic rings. The van der Waals surface area contributed by atoms with Crippen LogP contribution in [0.5, 0.6) is 5.75 Å². The molecule has 16 heavy (non-hydrogen) atoms. The van der Waals surface area contributed by atoms with Gasteiger partial charge in [-0.1, -0.05) is 25.1 Å². The lowest BCUT2D eigenvalue weighted by Crippen LogP contribution is -2.11. The fourth-order valence-electron chi connectivity index (χ4n) is 1.61. The van der Waals surface area contributed by atoms with Gasteiger partial charge in [0, 0.05) is 5.56 Å². The predicted octanol–water partition coefficient (Wildman–Crippen LogP) is 2.67. The molecule has 0 saturated carbocycles. The molecule has 1 rings (SSSR count).